The molecule has 0 spiro atoms. The molecule has 0 fully saturated rings. The number of rotatable bonds is 3. The van der Waals surface area contributed by atoms with Crippen LogP contribution in [0.4, 0.5) is 0 Å². The zero-order valence-electron chi connectivity index (χ0n) is 4.90. The van der Waals surface area contributed by atoms with Gasteiger partial charge in [-0.1, -0.05) is 0 Å². The molecule has 0 aromatic carbocycles. The molecule has 0 aliphatic carbocycles. The second-order valence-electron chi connectivity index (χ2n) is 1.53. The van der Waals surface area contributed by atoms with Crippen molar-refractivity contribution in [2.45, 2.75) is 0 Å². The molecule has 4 nitrogen and oxygen atoms in total. The van der Waals surface area contributed by atoms with Crippen LogP contribution in [-0.2, 0) is 4.57 Å². The van der Waals surface area contributed by atoms with Crippen LogP contribution >= 0.6 is 0 Å². The standard InChI is InChI=1S/C2H8B2NO3/c1-5(2)4(7)8-3-6/h6-7H,1-2H3. The van der Waals surface area contributed by atoms with Crippen molar-refractivity contribution >= 4 is 14.9 Å². The lowest BCUT2D eigenvalue weighted by Crippen LogP contribution is -2.36. The highest BCUT2D eigenvalue weighted by molar-refractivity contribution is 6.46. The molecule has 2 N–H and O–H groups in total. The molecule has 0 saturated heterocycles. The SMILES string of the molecule is CN(C)B(O)O[B]O. The Labute approximate surface area is 49.5 Å². The van der Waals surface area contributed by atoms with E-state index < -0.39 is 7.25 Å². The maximum absolute atomic E-state index is 8.64. The molecule has 0 atom stereocenters. The third-order valence-corrected chi connectivity index (χ3v) is 0.624. The fourth-order valence-corrected chi connectivity index (χ4v) is 0.176. The van der Waals surface area contributed by atoms with E-state index in [1.54, 1.807) is 14.1 Å². The van der Waals surface area contributed by atoms with Crippen LogP contribution in [0, 0.1) is 0 Å². The van der Waals surface area contributed by atoms with E-state index in [1.807, 2.05) is 0 Å². The van der Waals surface area contributed by atoms with E-state index in [0.717, 1.165) is 0 Å². The molecule has 0 aliphatic heterocycles. The van der Waals surface area contributed by atoms with Crippen LogP contribution in [0.1, 0.15) is 0 Å². The Morgan fingerprint density at radius 2 is 2.12 bits per heavy atom. The molecule has 0 rings (SSSR count). The molecule has 0 saturated carbocycles. The fraction of sp³-hybridized carbons (Fsp3) is 1.00. The van der Waals surface area contributed by atoms with Gasteiger partial charge in [-0.25, -0.2) is 0 Å². The lowest BCUT2D eigenvalue weighted by atomic mass is 10.1. The summed E-state index contributed by atoms with van der Waals surface area (Å²) in [7, 11) is 2.63. The average molecular weight is 116 g/mol. The van der Waals surface area contributed by atoms with Gasteiger partial charge in [0.2, 0.25) is 0 Å². The average Bonchev–Trinajstić information content (AvgIpc) is 1.67. The third-order valence-electron chi connectivity index (χ3n) is 0.624. The second-order valence-corrected chi connectivity index (χ2v) is 1.53. The van der Waals surface area contributed by atoms with Gasteiger partial charge >= 0.3 is 14.9 Å². The van der Waals surface area contributed by atoms with E-state index in [0.29, 0.717) is 7.69 Å². The molecule has 0 aliphatic rings. The van der Waals surface area contributed by atoms with Crippen molar-refractivity contribution < 1.29 is 14.6 Å². The van der Waals surface area contributed by atoms with Gasteiger partial charge in [-0.2, -0.15) is 0 Å². The van der Waals surface area contributed by atoms with Gasteiger partial charge in [0.1, 0.15) is 0 Å². The first-order valence-electron chi connectivity index (χ1n) is 2.14. The number of nitrogens with zero attached hydrogens (tertiary/aromatic N) is 1. The third kappa shape index (κ3) is 3.04. The molecule has 0 bridgehead atoms. The van der Waals surface area contributed by atoms with Crippen LogP contribution in [0.5, 0.6) is 0 Å². The van der Waals surface area contributed by atoms with E-state index in [-0.39, 0.29) is 0 Å². The Balaban J connectivity index is 3.17. The molecule has 1 radical (unpaired) electrons. The Kier molecular flexibility index (Phi) is 3.90. The van der Waals surface area contributed by atoms with Gasteiger partial charge in [0.25, 0.3) is 0 Å². The van der Waals surface area contributed by atoms with Gasteiger partial charge in [0.15, 0.2) is 0 Å². The molecule has 0 unspecified atom stereocenters. The first-order valence-corrected chi connectivity index (χ1v) is 2.14. The normalized spacial score (nSPS) is 9.62. The van der Waals surface area contributed by atoms with Crippen LogP contribution in [0.15, 0.2) is 0 Å². The van der Waals surface area contributed by atoms with E-state index >= 15 is 0 Å². The molecule has 45 valence electrons. The lowest BCUT2D eigenvalue weighted by molar-refractivity contribution is 0.315. The zero-order chi connectivity index (χ0) is 6.57. The van der Waals surface area contributed by atoms with Gasteiger partial charge in [-0.05, 0) is 14.1 Å². The van der Waals surface area contributed by atoms with Gasteiger partial charge < -0.3 is 14.6 Å². The summed E-state index contributed by atoms with van der Waals surface area (Å²) >= 11 is 0. The van der Waals surface area contributed by atoms with Gasteiger partial charge in [0.05, 0.1) is 0 Å². The molecule has 0 amide bonds. The first kappa shape index (κ1) is 7.97. The van der Waals surface area contributed by atoms with Crippen molar-refractivity contribution in [3.8, 4) is 0 Å². The Morgan fingerprint density at radius 1 is 1.62 bits per heavy atom. The summed E-state index contributed by atoms with van der Waals surface area (Å²) in [6.45, 7) is 0. The molecule has 0 aromatic rings. The molecular formula is C2H8B2NO3. The lowest BCUT2D eigenvalue weighted by Gasteiger charge is -2.10. The predicted octanol–water partition coefficient (Wildman–Crippen LogP) is -1.93. The van der Waals surface area contributed by atoms with Crippen LogP contribution in [0.2, 0.25) is 0 Å². The van der Waals surface area contributed by atoms with Crippen molar-refractivity contribution in [3.05, 3.63) is 0 Å². The highest BCUT2D eigenvalue weighted by Gasteiger charge is 2.15. The summed E-state index contributed by atoms with van der Waals surface area (Å²) in [5.74, 6) is 0. The van der Waals surface area contributed by atoms with Crippen molar-refractivity contribution in [2.75, 3.05) is 14.1 Å². The molecule has 0 heterocycles. The predicted molar refractivity (Wildman–Crippen MR) is 30.7 cm³/mol. The van der Waals surface area contributed by atoms with E-state index in [4.69, 9.17) is 10.0 Å². The van der Waals surface area contributed by atoms with Gasteiger partial charge in [-0.3, -0.25) is 4.81 Å². The molecular weight excluding hydrogens is 108 g/mol. The van der Waals surface area contributed by atoms with Crippen LogP contribution in [-0.4, -0.2) is 43.9 Å². The minimum atomic E-state index is -1.06. The summed E-state index contributed by atoms with van der Waals surface area (Å²) in [6.07, 6.45) is 0. The van der Waals surface area contributed by atoms with Crippen LogP contribution < -0.4 is 0 Å². The Hall–Kier alpha value is -0.0301. The van der Waals surface area contributed by atoms with Crippen molar-refractivity contribution in [1.29, 1.82) is 0 Å². The summed E-state index contributed by atoms with van der Waals surface area (Å²) in [6, 6.07) is 0. The maximum Gasteiger partial charge on any atom is 0.540 e. The highest BCUT2D eigenvalue weighted by Crippen LogP contribution is 1.79. The largest absolute Gasteiger partial charge is 0.540 e. The fourth-order valence-electron chi connectivity index (χ4n) is 0.176. The quantitative estimate of drug-likeness (QED) is 0.421. The topological polar surface area (TPSA) is 52.9 Å². The van der Waals surface area contributed by atoms with Crippen molar-refractivity contribution in [2.24, 2.45) is 0 Å². The Bertz CT molecular complexity index is 61.2. The van der Waals surface area contributed by atoms with Crippen LogP contribution in [0.3, 0.4) is 0 Å². The molecule has 8 heavy (non-hydrogen) atoms. The number of hydrogen-bond donors (Lipinski definition) is 2. The second kappa shape index (κ2) is 3.91. The van der Waals surface area contributed by atoms with Crippen molar-refractivity contribution in [3.63, 3.8) is 0 Å². The van der Waals surface area contributed by atoms with Gasteiger partial charge in [0, 0.05) is 0 Å². The van der Waals surface area contributed by atoms with Crippen LogP contribution in [0.25, 0.3) is 0 Å². The smallest absolute Gasteiger partial charge is 0.439 e. The first-order chi connectivity index (χ1) is 3.68. The van der Waals surface area contributed by atoms with E-state index in [9.17, 15) is 0 Å². The monoisotopic (exact) mass is 116 g/mol. The highest BCUT2D eigenvalue weighted by atomic mass is 16.5. The molecule has 6 heteroatoms. The summed E-state index contributed by atoms with van der Waals surface area (Å²) in [5.41, 5.74) is 0. The summed E-state index contributed by atoms with van der Waals surface area (Å²) < 4.78 is 4.22. The minimum absolute atomic E-state index is 0.449. The van der Waals surface area contributed by atoms with Gasteiger partial charge in [-0.15, -0.1) is 0 Å². The number of hydrogen-bond acceptors (Lipinski definition) is 4. The minimum Gasteiger partial charge on any atom is -0.439 e. The summed E-state index contributed by atoms with van der Waals surface area (Å²) in [5, 5.41) is 16.6. The zero-order valence-corrected chi connectivity index (χ0v) is 4.90. The van der Waals surface area contributed by atoms with Crippen molar-refractivity contribution in [1.82, 2.24) is 4.81 Å². The molecule has 0 aromatic heterocycles. The van der Waals surface area contributed by atoms with E-state index in [1.165, 1.54) is 4.81 Å². The summed E-state index contributed by atoms with van der Waals surface area (Å²) in [4.78, 5) is 1.40. The maximum atomic E-state index is 8.64. The van der Waals surface area contributed by atoms with E-state index in [2.05, 4.69) is 4.57 Å². The Morgan fingerprint density at radius 3 is 2.25 bits per heavy atom.